The number of thiophene rings is 1. The first-order chi connectivity index (χ1) is 13.6. The summed E-state index contributed by atoms with van der Waals surface area (Å²) in [4.78, 5) is 25.8. The highest BCUT2D eigenvalue weighted by atomic mass is 32.1. The zero-order chi connectivity index (χ0) is 19.5. The minimum atomic E-state index is -0.479. The molecule has 4 rings (SSSR count). The lowest BCUT2D eigenvalue weighted by molar-refractivity contribution is 0.0679. The summed E-state index contributed by atoms with van der Waals surface area (Å²) in [6.45, 7) is 1.32. The van der Waals surface area contributed by atoms with Crippen LogP contribution in [0.25, 0.3) is 0 Å². The van der Waals surface area contributed by atoms with Gasteiger partial charge in [0.1, 0.15) is 17.4 Å². The second-order valence-corrected chi connectivity index (χ2v) is 8.31. The average molecular weight is 401 g/mol. The molecule has 0 bridgehead atoms. The Bertz CT molecular complexity index is 869. The first-order valence-corrected chi connectivity index (χ1v) is 10.5. The van der Waals surface area contributed by atoms with Crippen LogP contribution in [0.2, 0.25) is 0 Å². The number of primary amides is 1. The number of fused-ring (bicyclic) bond motifs is 1. The minimum Gasteiger partial charge on any atom is -0.491 e. The van der Waals surface area contributed by atoms with Gasteiger partial charge in [0.15, 0.2) is 0 Å². The van der Waals surface area contributed by atoms with Crippen LogP contribution in [0.3, 0.4) is 0 Å². The summed E-state index contributed by atoms with van der Waals surface area (Å²) in [5.74, 6) is -0.0317. The van der Waals surface area contributed by atoms with Crippen molar-refractivity contribution in [1.29, 1.82) is 0 Å². The Morgan fingerprint density at radius 2 is 1.96 bits per heavy atom. The third kappa shape index (κ3) is 4.05. The molecule has 2 aromatic rings. The van der Waals surface area contributed by atoms with Crippen LogP contribution >= 0.6 is 11.3 Å². The average Bonchev–Trinajstić information content (AvgIpc) is 3.34. The van der Waals surface area contributed by atoms with E-state index in [1.807, 2.05) is 0 Å². The Hall–Kier alpha value is -2.38. The molecular weight excluding hydrogens is 376 g/mol. The molecule has 0 radical (unpaired) electrons. The van der Waals surface area contributed by atoms with Crippen molar-refractivity contribution in [3.63, 3.8) is 0 Å². The van der Waals surface area contributed by atoms with Crippen molar-refractivity contribution in [3.8, 4) is 5.75 Å². The maximum atomic E-state index is 12.7. The van der Waals surface area contributed by atoms with Crippen molar-refractivity contribution in [3.05, 3.63) is 45.8 Å². The number of benzene rings is 1. The summed E-state index contributed by atoms with van der Waals surface area (Å²) in [6, 6.07) is 6.99. The smallest absolute Gasteiger partial charge is 0.256 e. The number of ether oxygens (including phenoxy) is 2. The highest BCUT2D eigenvalue weighted by molar-refractivity contribution is 7.17. The molecule has 1 aromatic carbocycles. The number of amides is 2. The SMILES string of the molecule is NC(=O)c1c(NC(=O)c2ccc(OC[C@@H]3CCCO3)cc2)sc2c1CCCC2. The summed E-state index contributed by atoms with van der Waals surface area (Å²) in [6.07, 6.45) is 6.18. The molecule has 1 fully saturated rings. The molecule has 2 heterocycles. The van der Waals surface area contributed by atoms with Gasteiger partial charge < -0.3 is 20.5 Å². The summed E-state index contributed by atoms with van der Waals surface area (Å²) in [7, 11) is 0. The van der Waals surface area contributed by atoms with Gasteiger partial charge >= 0.3 is 0 Å². The highest BCUT2D eigenvalue weighted by Crippen LogP contribution is 2.38. The fourth-order valence-corrected chi connectivity index (χ4v) is 5.05. The van der Waals surface area contributed by atoms with E-state index in [0.717, 1.165) is 55.6 Å². The van der Waals surface area contributed by atoms with Crippen molar-refractivity contribution < 1.29 is 19.1 Å². The fourth-order valence-electron chi connectivity index (χ4n) is 3.76. The zero-order valence-corrected chi connectivity index (χ0v) is 16.5. The number of carbonyl (C=O) groups excluding carboxylic acids is 2. The number of nitrogens with two attached hydrogens (primary N) is 1. The van der Waals surface area contributed by atoms with E-state index < -0.39 is 5.91 Å². The van der Waals surface area contributed by atoms with E-state index in [9.17, 15) is 9.59 Å². The monoisotopic (exact) mass is 400 g/mol. The number of anilines is 1. The fraction of sp³-hybridized carbons (Fsp3) is 0.429. The highest BCUT2D eigenvalue weighted by Gasteiger charge is 2.25. The van der Waals surface area contributed by atoms with Gasteiger partial charge in [-0.25, -0.2) is 0 Å². The van der Waals surface area contributed by atoms with Gasteiger partial charge in [-0.15, -0.1) is 11.3 Å². The predicted molar refractivity (Wildman–Crippen MR) is 108 cm³/mol. The number of hydrogen-bond acceptors (Lipinski definition) is 5. The van der Waals surface area contributed by atoms with Crippen molar-refractivity contribution in [2.24, 2.45) is 5.73 Å². The number of hydrogen-bond donors (Lipinski definition) is 2. The molecule has 1 aliphatic carbocycles. The summed E-state index contributed by atoms with van der Waals surface area (Å²) < 4.78 is 11.3. The van der Waals surface area contributed by atoms with E-state index in [1.54, 1.807) is 24.3 Å². The third-order valence-electron chi connectivity index (χ3n) is 5.22. The lowest BCUT2D eigenvalue weighted by Crippen LogP contribution is -2.18. The van der Waals surface area contributed by atoms with Gasteiger partial charge in [0.25, 0.3) is 11.8 Å². The van der Waals surface area contributed by atoms with Crippen LogP contribution in [-0.2, 0) is 17.6 Å². The molecule has 1 aliphatic heterocycles. The second kappa shape index (κ2) is 8.32. The van der Waals surface area contributed by atoms with Gasteiger partial charge in [0, 0.05) is 17.0 Å². The zero-order valence-electron chi connectivity index (χ0n) is 15.7. The van der Waals surface area contributed by atoms with Crippen molar-refractivity contribution in [2.75, 3.05) is 18.5 Å². The maximum Gasteiger partial charge on any atom is 0.256 e. The Kier molecular flexibility index (Phi) is 5.64. The topological polar surface area (TPSA) is 90.7 Å². The van der Waals surface area contributed by atoms with E-state index >= 15 is 0 Å². The molecule has 2 amide bonds. The van der Waals surface area contributed by atoms with Gasteiger partial charge in [0.05, 0.1) is 11.7 Å². The lowest BCUT2D eigenvalue weighted by Gasteiger charge is -2.12. The Morgan fingerprint density at radius 1 is 1.18 bits per heavy atom. The van der Waals surface area contributed by atoms with Gasteiger partial charge in [0.2, 0.25) is 0 Å². The largest absolute Gasteiger partial charge is 0.491 e. The number of rotatable bonds is 6. The molecule has 7 heteroatoms. The van der Waals surface area contributed by atoms with Gasteiger partial charge in [-0.3, -0.25) is 9.59 Å². The number of carbonyl (C=O) groups is 2. The van der Waals surface area contributed by atoms with Crippen LogP contribution in [0, 0.1) is 0 Å². The van der Waals surface area contributed by atoms with Gasteiger partial charge in [-0.1, -0.05) is 0 Å². The van der Waals surface area contributed by atoms with Crippen LogP contribution in [0.5, 0.6) is 5.75 Å². The quantitative estimate of drug-likeness (QED) is 0.776. The summed E-state index contributed by atoms with van der Waals surface area (Å²) in [5.41, 5.74) is 7.59. The van der Waals surface area contributed by atoms with Crippen molar-refractivity contribution in [1.82, 2.24) is 0 Å². The van der Waals surface area contributed by atoms with Crippen LogP contribution < -0.4 is 15.8 Å². The van der Waals surface area contributed by atoms with E-state index in [1.165, 1.54) is 11.3 Å². The molecule has 2 aliphatic rings. The number of nitrogens with one attached hydrogen (secondary N) is 1. The van der Waals surface area contributed by atoms with Crippen molar-refractivity contribution in [2.45, 2.75) is 44.6 Å². The van der Waals surface area contributed by atoms with Crippen LogP contribution in [-0.4, -0.2) is 31.1 Å². The molecular formula is C21H24N2O4S. The molecule has 148 valence electrons. The van der Waals surface area contributed by atoms with E-state index in [0.29, 0.717) is 28.5 Å². The molecule has 0 spiro atoms. The Balaban J connectivity index is 1.43. The van der Waals surface area contributed by atoms with E-state index in [2.05, 4.69) is 5.32 Å². The van der Waals surface area contributed by atoms with Gasteiger partial charge in [-0.2, -0.15) is 0 Å². The Morgan fingerprint density at radius 3 is 2.68 bits per heavy atom. The lowest BCUT2D eigenvalue weighted by atomic mass is 9.95. The molecule has 28 heavy (non-hydrogen) atoms. The third-order valence-corrected chi connectivity index (χ3v) is 6.43. The normalized spacial score (nSPS) is 18.5. The van der Waals surface area contributed by atoms with Crippen LogP contribution in [0.1, 0.15) is 56.8 Å². The van der Waals surface area contributed by atoms with E-state index in [4.69, 9.17) is 15.2 Å². The molecule has 1 atom stereocenters. The van der Waals surface area contributed by atoms with Crippen LogP contribution in [0.15, 0.2) is 24.3 Å². The minimum absolute atomic E-state index is 0.153. The van der Waals surface area contributed by atoms with Gasteiger partial charge in [-0.05, 0) is 68.4 Å². The second-order valence-electron chi connectivity index (χ2n) is 7.20. The van der Waals surface area contributed by atoms with E-state index in [-0.39, 0.29) is 12.0 Å². The standard InChI is InChI=1S/C21H24N2O4S/c22-19(24)18-16-5-1-2-6-17(16)28-21(18)23-20(25)13-7-9-14(10-8-13)27-12-15-4-3-11-26-15/h7-10,15H,1-6,11-12H2,(H2,22,24)(H,23,25)/t15-/m0/s1. The maximum absolute atomic E-state index is 12.7. The van der Waals surface area contributed by atoms with Crippen molar-refractivity contribution >= 4 is 28.2 Å². The molecule has 0 unspecified atom stereocenters. The first kappa shape index (κ1) is 19.0. The molecule has 0 saturated carbocycles. The first-order valence-electron chi connectivity index (χ1n) is 9.72. The molecule has 1 aromatic heterocycles. The summed E-state index contributed by atoms with van der Waals surface area (Å²) >= 11 is 1.47. The molecule has 3 N–H and O–H groups in total. The number of aryl methyl sites for hydroxylation is 1. The molecule has 6 nitrogen and oxygen atoms in total. The predicted octanol–water partition coefficient (Wildman–Crippen LogP) is 3.54. The van der Waals surface area contributed by atoms with Crippen LogP contribution in [0.4, 0.5) is 5.00 Å². The molecule has 1 saturated heterocycles. The Labute approximate surface area is 168 Å². The summed E-state index contributed by atoms with van der Waals surface area (Å²) in [5, 5.41) is 3.44.